The Morgan fingerprint density at radius 3 is 2.50 bits per heavy atom. The normalized spacial score (nSPS) is 12.8. The maximum absolute atomic E-state index is 14.1. The van der Waals surface area contributed by atoms with Crippen LogP contribution in [0.5, 0.6) is 0 Å². The topological polar surface area (TPSA) is 100 Å². The molecule has 0 fully saturated rings. The van der Waals surface area contributed by atoms with Crippen LogP contribution in [-0.4, -0.2) is 50.3 Å². The molecule has 8 heteroatoms. The number of carbonyl (C=O) groups excluding carboxylic acids is 1. The maximum Gasteiger partial charge on any atom is 0.255 e. The molecule has 0 spiro atoms. The lowest BCUT2D eigenvalue weighted by Crippen LogP contribution is -2.42. The largest absolute Gasteiger partial charge is 0.387 e. The number of pyridine rings is 1. The number of nitrogens with one attached hydrogen (secondary N) is 2. The number of anilines is 1. The summed E-state index contributed by atoms with van der Waals surface area (Å²) in [5, 5.41) is 16.4. The first-order chi connectivity index (χ1) is 14.2. The summed E-state index contributed by atoms with van der Waals surface area (Å²) in [4.78, 5) is 25.3. The third-order valence-corrected chi connectivity index (χ3v) is 4.65. The molecule has 2 aromatic heterocycles. The SMILES string of the molecule is CC(C)Nc1c(C(=O)NC[C@@H](F)C(C)(C)O)cnc2ccc(-c3cncnc3)cc12. The predicted octanol–water partition coefficient (Wildman–Crippen LogP) is 3.35. The van der Waals surface area contributed by atoms with Crippen LogP contribution < -0.4 is 10.6 Å². The van der Waals surface area contributed by atoms with Crippen molar-refractivity contribution < 1.29 is 14.3 Å². The van der Waals surface area contributed by atoms with Gasteiger partial charge in [-0.25, -0.2) is 14.4 Å². The summed E-state index contributed by atoms with van der Waals surface area (Å²) in [5.74, 6) is -0.465. The van der Waals surface area contributed by atoms with Crippen molar-refractivity contribution in [3.8, 4) is 11.1 Å². The van der Waals surface area contributed by atoms with Gasteiger partial charge in [-0.3, -0.25) is 9.78 Å². The van der Waals surface area contributed by atoms with E-state index in [1.54, 1.807) is 12.4 Å². The molecule has 0 aliphatic carbocycles. The maximum atomic E-state index is 14.1. The molecule has 1 aromatic carbocycles. The van der Waals surface area contributed by atoms with Crippen LogP contribution in [0, 0.1) is 0 Å². The Balaban J connectivity index is 2.02. The molecule has 30 heavy (non-hydrogen) atoms. The summed E-state index contributed by atoms with van der Waals surface area (Å²) in [6.45, 7) is 6.36. The van der Waals surface area contributed by atoms with Gasteiger partial charge in [-0.1, -0.05) is 6.07 Å². The lowest BCUT2D eigenvalue weighted by molar-refractivity contribution is -0.00177. The van der Waals surface area contributed by atoms with Crippen LogP contribution in [-0.2, 0) is 0 Å². The van der Waals surface area contributed by atoms with Crippen LogP contribution in [0.15, 0.2) is 43.1 Å². The molecule has 0 unspecified atom stereocenters. The van der Waals surface area contributed by atoms with Gasteiger partial charge in [-0.2, -0.15) is 0 Å². The van der Waals surface area contributed by atoms with Crippen molar-refractivity contribution in [2.75, 3.05) is 11.9 Å². The summed E-state index contributed by atoms with van der Waals surface area (Å²) in [7, 11) is 0. The van der Waals surface area contributed by atoms with E-state index >= 15 is 0 Å². The van der Waals surface area contributed by atoms with Crippen molar-refractivity contribution in [1.82, 2.24) is 20.3 Å². The zero-order valence-electron chi connectivity index (χ0n) is 17.5. The first-order valence-electron chi connectivity index (χ1n) is 9.76. The number of halogens is 1. The molecule has 0 radical (unpaired) electrons. The van der Waals surface area contributed by atoms with Crippen molar-refractivity contribution in [3.05, 3.63) is 48.7 Å². The van der Waals surface area contributed by atoms with Crippen LogP contribution >= 0.6 is 0 Å². The number of hydrogen-bond donors (Lipinski definition) is 3. The van der Waals surface area contributed by atoms with Gasteiger partial charge in [0.25, 0.3) is 5.91 Å². The molecule has 0 saturated carbocycles. The summed E-state index contributed by atoms with van der Waals surface area (Å²) in [6, 6.07) is 5.77. The molecule has 3 aromatic rings. The number of aromatic nitrogens is 3. The summed E-state index contributed by atoms with van der Waals surface area (Å²) in [5.41, 5.74) is 1.83. The molecule has 3 rings (SSSR count). The average molecular weight is 411 g/mol. The first kappa shape index (κ1) is 21.6. The zero-order valence-corrected chi connectivity index (χ0v) is 17.5. The third-order valence-electron chi connectivity index (χ3n) is 4.65. The van der Waals surface area contributed by atoms with Crippen molar-refractivity contribution in [2.45, 2.75) is 45.5 Å². The molecule has 0 aliphatic rings. The number of aliphatic hydroxyl groups is 1. The van der Waals surface area contributed by atoms with Gasteiger partial charge in [0.05, 0.1) is 28.9 Å². The van der Waals surface area contributed by atoms with Gasteiger partial charge in [0, 0.05) is 35.6 Å². The Morgan fingerprint density at radius 1 is 1.17 bits per heavy atom. The van der Waals surface area contributed by atoms with Gasteiger partial charge < -0.3 is 15.7 Å². The van der Waals surface area contributed by atoms with E-state index in [0.29, 0.717) is 11.3 Å². The fourth-order valence-corrected chi connectivity index (χ4v) is 2.96. The van der Waals surface area contributed by atoms with Crippen molar-refractivity contribution in [1.29, 1.82) is 0 Å². The smallest absolute Gasteiger partial charge is 0.255 e. The van der Waals surface area contributed by atoms with Gasteiger partial charge in [0.15, 0.2) is 0 Å². The minimum absolute atomic E-state index is 0.0520. The Hall–Kier alpha value is -3.13. The highest BCUT2D eigenvalue weighted by atomic mass is 19.1. The van der Waals surface area contributed by atoms with Crippen LogP contribution in [0.2, 0.25) is 0 Å². The third kappa shape index (κ3) is 4.88. The molecule has 0 bridgehead atoms. The number of benzene rings is 1. The minimum atomic E-state index is -1.60. The lowest BCUT2D eigenvalue weighted by Gasteiger charge is -2.23. The van der Waals surface area contributed by atoms with E-state index in [4.69, 9.17) is 0 Å². The number of alkyl halides is 1. The molecule has 0 aliphatic heterocycles. The van der Waals surface area contributed by atoms with Gasteiger partial charge in [-0.15, -0.1) is 0 Å². The summed E-state index contributed by atoms with van der Waals surface area (Å²) in [6.07, 6.45) is 4.77. The standard InChI is InChI=1S/C22H26FN5O2/c1-13(2)28-20-16-7-14(15-8-24-12-25-9-15)5-6-18(16)26-10-17(20)21(29)27-11-19(23)22(3,4)30/h5-10,12-13,19,30H,11H2,1-4H3,(H,26,28)(H,27,29)/t19-/m1/s1. The van der Waals surface area contributed by atoms with Crippen molar-refractivity contribution in [2.24, 2.45) is 0 Å². The zero-order chi connectivity index (χ0) is 21.9. The molecule has 0 saturated heterocycles. The first-order valence-corrected chi connectivity index (χ1v) is 9.76. The van der Waals surface area contributed by atoms with E-state index in [9.17, 15) is 14.3 Å². The number of carbonyl (C=O) groups is 1. The average Bonchev–Trinajstić information content (AvgIpc) is 2.71. The molecule has 1 atom stereocenters. The lowest BCUT2D eigenvalue weighted by atomic mass is 10.0. The van der Waals surface area contributed by atoms with Gasteiger partial charge in [-0.05, 0) is 45.4 Å². The Bertz CT molecular complexity index is 1030. The highest BCUT2D eigenvalue weighted by molar-refractivity contribution is 6.07. The molecule has 2 heterocycles. The van der Waals surface area contributed by atoms with Crippen LogP contribution in [0.3, 0.4) is 0 Å². The van der Waals surface area contributed by atoms with Crippen LogP contribution in [0.25, 0.3) is 22.0 Å². The predicted molar refractivity (Wildman–Crippen MR) is 115 cm³/mol. The number of fused-ring (bicyclic) bond motifs is 1. The Morgan fingerprint density at radius 2 is 1.87 bits per heavy atom. The second-order valence-electron chi connectivity index (χ2n) is 8.04. The van der Waals surface area contributed by atoms with Crippen molar-refractivity contribution in [3.63, 3.8) is 0 Å². The van der Waals surface area contributed by atoms with Gasteiger partial charge >= 0.3 is 0 Å². The van der Waals surface area contributed by atoms with Crippen LogP contribution in [0.1, 0.15) is 38.1 Å². The van der Waals surface area contributed by atoms with Gasteiger partial charge in [0.1, 0.15) is 12.5 Å². The molecule has 7 nitrogen and oxygen atoms in total. The van der Waals surface area contributed by atoms with E-state index in [1.807, 2.05) is 32.0 Å². The molecule has 1 amide bonds. The van der Waals surface area contributed by atoms with E-state index < -0.39 is 17.7 Å². The molecule has 158 valence electrons. The number of amides is 1. The molecular weight excluding hydrogens is 385 g/mol. The molecular formula is C22H26FN5O2. The van der Waals surface area contributed by atoms with E-state index in [2.05, 4.69) is 25.6 Å². The highest BCUT2D eigenvalue weighted by Crippen LogP contribution is 2.31. The fourth-order valence-electron chi connectivity index (χ4n) is 2.96. The summed E-state index contributed by atoms with van der Waals surface area (Å²) >= 11 is 0. The van der Waals surface area contributed by atoms with E-state index in [1.165, 1.54) is 26.4 Å². The monoisotopic (exact) mass is 411 g/mol. The van der Waals surface area contributed by atoms with E-state index in [-0.39, 0.29) is 12.6 Å². The van der Waals surface area contributed by atoms with Gasteiger partial charge in [0.2, 0.25) is 0 Å². The molecule has 3 N–H and O–H groups in total. The Kier molecular flexibility index (Phi) is 6.26. The van der Waals surface area contributed by atoms with Crippen molar-refractivity contribution >= 4 is 22.5 Å². The fraction of sp³-hybridized carbons (Fsp3) is 0.364. The number of nitrogens with zero attached hydrogens (tertiary/aromatic N) is 3. The Labute approximate surface area is 174 Å². The minimum Gasteiger partial charge on any atom is -0.387 e. The highest BCUT2D eigenvalue weighted by Gasteiger charge is 2.27. The second-order valence-corrected chi connectivity index (χ2v) is 8.04. The summed E-state index contributed by atoms with van der Waals surface area (Å²) < 4.78 is 14.1. The van der Waals surface area contributed by atoms with E-state index in [0.717, 1.165) is 22.0 Å². The number of hydrogen-bond acceptors (Lipinski definition) is 6. The van der Waals surface area contributed by atoms with Crippen LogP contribution in [0.4, 0.5) is 10.1 Å². The second kappa shape index (κ2) is 8.71. The quantitative estimate of drug-likeness (QED) is 0.551. The number of rotatable bonds is 7.